The molecule has 200 valence electrons. The molecule has 0 bridgehead atoms. The number of thioether (sulfide) groups is 1. The van der Waals surface area contributed by atoms with E-state index in [9.17, 15) is 15.0 Å². The molecule has 5 rings (SSSR count). The number of ether oxygens (including phenoxy) is 2. The van der Waals surface area contributed by atoms with Gasteiger partial charge in [-0.25, -0.2) is 4.79 Å². The molecule has 0 amide bonds. The number of hydrogen-bond donors (Lipinski definition) is 3. The molecule has 1 fully saturated rings. The smallest absolute Gasteiger partial charge is 0.336 e. The Kier molecular flexibility index (Phi) is 8.76. The van der Waals surface area contributed by atoms with Crippen molar-refractivity contribution in [2.75, 3.05) is 5.75 Å². The van der Waals surface area contributed by atoms with E-state index >= 15 is 0 Å². The van der Waals surface area contributed by atoms with Crippen LogP contribution in [0.15, 0.2) is 102 Å². The molecule has 1 saturated heterocycles. The maximum atomic E-state index is 11.7. The summed E-state index contributed by atoms with van der Waals surface area (Å²) in [4.78, 5) is 12.4. The number of carbonyl (C=O) groups is 1. The lowest BCUT2D eigenvalue weighted by atomic mass is 9.98. The van der Waals surface area contributed by atoms with Crippen LogP contribution < -0.4 is 5.73 Å². The second kappa shape index (κ2) is 12.6. The van der Waals surface area contributed by atoms with Gasteiger partial charge in [0.05, 0.1) is 24.4 Å². The number of aliphatic hydroxyl groups is 1. The number of hydrogen-bond acceptors (Lipinski definition) is 6. The first-order valence-electron chi connectivity index (χ1n) is 12.9. The summed E-state index contributed by atoms with van der Waals surface area (Å²) in [6.45, 7) is 0.452. The van der Waals surface area contributed by atoms with Crippen LogP contribution in [-0.2, 0) is 22.6 Å². The van der Waals surface area contributed by atoms with Crippen molar-refractivity contribution < 1.29 is 24.5 Å². The zero-order chi connectivity index (χ0) is 27.2. The highest BCUT2D eigenvalue weighted by Crippen LogP contribution is 2.40. The van der Waals surface area contributed by atoms with Gasteiger partial charge in [0.15, 0.2) is 6.29 Å². The zero-order valence-electron chi connectivity index (χ0n) is 21.4. The third-order valence-electron chi connectivity index (χ3n) is 6.89. The van der Waals surface area contributed by atoms with Gasteiger partial charge in [0.25, 0.3) is 0 Å². The van der Waals surface area contributed by atoms with E-state index in [1.807, 2.05) is 66.7 Å². The fraction of sp³-hybridized carbons (Fsp3) is 0.219. The Bertz CT molecular complexity index is 1410. The summed E-state index contributed by atoms with van der Waals surface area (Å²) in [6.07, 6.45) is -0.343. The Labute approximate surface area is 232 Å². The average Bonchev–Trinajstić information content (AvgIpc) is 3.00. The van der Waals surface area contributed by atoms with E-state index in [0.717, 1.165) is 33.4 Å². The number of carboxylic acid groups (broad SMARTS) is 1. The van der Waals surface area contributed by atoms with Crippen LogP contribution in [0.25, 0.3) is 11.1 Å². The van der Waals surface area contributed by atoms with Crippen LogP contribution >= 0.6 is 11.8 Å². The SMILES string of the molecule is NCc1ccccc1-c1ccc(C2OC(CSc3ccccc3C(=O)O)CC(c3ccc(CO)cc3)O2)cc1. The Balaban J connectivity index is 1.38. The summed E-state index contributed by atoms with van der Waals surface area (Å²) < 4.78 is 12.9. The molecule has 1 heterocycles. The lowest BCUT2D eigenvalue weighted by Crippen LogP contribution is -2.31. The summed E-state index contributed by atoms with van der Waals surface area (Å²) in [5, 5.41) is 19.0. The first-order valence-corrected chi connectivity index (χ1v) is 13.9. The van der Waals surface area contributed by atoms with Crippen LogP contribution in [0.3, 0.4) is 0 Å². The van der Waals surface area contributed by atoms with Gasteiger partial charge in [-0.3, -0.25) is 0 Å². The summed E-state index contributed by atoms with van der Waals surface area (Å²) in [7, 11) is 0. The minimum absolute atomic E-state index is 0.0145. The molecule has 39 heavy (non-hydrogen) atoms. The average molecular weight is 542 g/mol. The van der Waals surface area contributed by atoms with Crippen molar-refractivity contribution in [1.82, 2.24) is 0 Å². The summed E-state index contributed by atoms with van der Waals surface area (Å²) in [5.74, 6) is -0.362. The van der Waals surface area contributed by atoms with Gasteiger partial charge in [-0.05, 0) is 39.9 Å². The van der Waals surface area contributed by atoms with Crippen LogP contribution in [0.4, 0.5) is 0 Å². The quantitative estimate of drug-likeness (QED) is 0.213. The van der Waals surface area contributed by atoms with Crippen LogP contribution in [0.1, 0.15) is 51.4 Å². The summed E-state index contributed by atoms with van der Waals surface area (Å²) in [5.41, 5.74) is 12.2. The van der Waals surface area contributed by atoms with Gasteiger partial charge >= 0.3 is 5.97 Å². The third kappa shape index (κ3) is 6.41. The van der Waals surface area contributed by atoms with Crippen LogP contribution in [0, 0.1) is 0 Å². The maximum absolute atomic E-state index is 11.7. The van der Waals surface area contributed by atoms with Crippen molar-refractivity contribution in [3.63, 3.8) is 0 Å². The van der Waals surface area contributed by atoms with Crippen molar-refractivity contribution in [2.24, 2.45) is 5.73 Å². The lowest BCUT2D eigenvalue weighted by molar-refractivity contribution is -0.245. The second-order valence-corrected chi connectivity index (χ2v) is 10.5. The highest BCUT2D eigenvalue weighted by atomic mass is 32.2. The Hall–Kier alpha value is -3.46. The first kappa shape index (κ1) is 27.1. The van der Waals surface area contributed by atoms with E-state index in [-0.39, 0.29) is 24.4 Å². The summed E-state index contributed by atoms with van der Waals surface area (Å²) in [6, 6.07) is 31.1. The fourth-order valence-electron chi connectivity index (χ4n) is 4.77. The molecule has 4 aromatic carbocycles. The molecule has 3 atom stereocenters. The predicted octanol–water partition coefficient (Wildman–Crippen LogP) is 6.34. The number of aliphatic hydroxyl groups excluding tert-OH is 1. The van der Waals surface area contributed by atoms with E-state index < -0.39 is 12.3 Å². The van der Waals surface area contributed by atoms with Crippen molar-refractivity contribution in [3.05, 3.63) is 125 Å². The normalized spacial score (nSPS) is 19.1. The third-order valence-corrected chi connectivity index (χ3v) is 8.09. The second-order valence-electron chi connectivity index (χ2n) is 9.45. The fourth-order valence-corrected chi connectivity index (χ4v) is 5.84. The molecule has 0 radical (unpaired) electrons. The van der Waals surface area contributed by atoms with Gasteiger partial charge in [-0.1, -0.05) is 84.9 Å². The minimum Gasteiger partial charge on any atom is -0.478 e. The molecular weight excluding hydrogens is 510 g/mol. The molecule has 0 saturated carbocycles. The Morgan fingerprint density at radius 3 is 2.28 bits per heavy atom. The van der Waals surface area contributed by atoms with Crippen molar-refractivity contribution >= 4 is 17.7 Å². The van der Waals surface area contributed by atoms with E-state index in [2.05, 4.69) is 18.2 Å². The molecule has 1 aliphatic heterocycles. The van der Waals surface area contributed by atoms with Gasteiger partial charge in [0, 0.05) is 29.2 Å². The number of aromatic carboxylic acids is 1. The number of benzene rings is 4. The predicted molar refractivity (Wildman–Crippen MR) is 152 cm³/mol. The van der Waals surface area contributed by atoms with Crippen LogP contribution in [0.2, 0.25) is 0 Å². The van der Waals surface area contributed by atoms with E-state index in [1.165, 1.54) is 11.8 Å². The molecule has 3 unspecified atom stereocenters. The lowest BCUT2D eigenvalue weighted by Gasteiger charge is -2.36. The Morgan fingerprint density at radius 1 is 0.872 bits per heavy atom. The highest BCUT2D eigenvalue weighted by molar-refractivity contribution is 7.99. The molecule has 4 N–H and O–H groups in total. The minimum atomic E-state index is -0.943. The van der Waals surface area contributed by atoms with Gasteiger partial charge in [-0.2, -0.15) is 0 Å². The largest absolute Gasteiger partial charge is 0.478 e. The topological polar surface area (TPSA) is 102 Å². The molecular formula is C32H31NO5S. The molecule has 6 nitrogen and oxygen atoms in total. The van der Waals surface area contributed by atoms with Gasteiger partial charge < -0.3 is 25.4 Å². The first-order chi connectivity index (χ1) is 19.1. The molecule has 7 heteroatoms. The van der Waals surface area contributed by atoms with Gasteiger partial charge in [0.2, 0.25) is 0 Å². The van der Waals surface area contributed by atoms with Gasteiger partial charge in [-0.15, -0.1) is 11.8 Å². The number of carboxylic acids is 1. The van der Waals surface area contributed by atoms with E-state index in [1.54, 1.807) is 12.1 Å². The molecule has 0 aromatic heterocycles. The summed E-state index contributed by atoms with van der Waals surface area (Å²) >= 11 is 1.48. The number of nitrogens with two attached hydrogens (primary N) is 1. The standard InChI is InChI=1S/C32H31NO5S/c33-18-25-5-1-2-6-27(25)22-13-15-24(16-14-22)32-37-26(20-39-30-8-4-3-7-28(30)31(35)36)17-29(38-32)23-11-9-21(19-34)10-12-23/h1-16,26,29,32,34H,17-20,33H2,(H,35,36). The molecule has 1 aliphatic rings. The highest BCUT2D eigenvalue weighted by Gasteiger charge is 2.32. The van der Waals surface area contributed by atoms with Crippen molar-refractivity contribution in [2.45, 2.75) is 43.0 Å². The maximum Gasteiger partial charge on any atom is 0.336 e. The van der Waals surface area contributed by atoms with Crippen molar-refractivity contribution in [1.29, 1.82) is 0 Å². The monoisotopic (exact) mass is 541 g/mol. The van der Waals surface area contributed by atoms with Gasteiger partial charge in [0.1, 0.15) is 0 Å². The van der Waals surface area contributed by atoms with E-state index in [4.69, 9.17) is 15.2 Å². The molecule has 4 aromatic rings. The Morgan fingerprint density at radius 2 is 1.56 bits per heavy atom. The molecule has 0 aliphatic carbocycles. The van der Waals surface area contributed by atoms with Crippen LogP contribution in [-0.4, -0.2) is 28.0 Å². The van der Waals surface area contributed by atoms with E-state index in [0.29, 0.717) is 23.6 Å². The zero-order valence-corrected chi connectivity index (χ0v) is 22.2. The molecule has 0 spiro atoms. The van der Waals surface area contributed by atoms with Crippen LogP contribution in [0.5, 0.6) is 0 Å². The van der Waals surface area contributed by atoms with Crippen molar-refractivity contribution in [3.8, 4) is 11.1 Å². The number of rotatable bonds is 9.